The number of carbonyl (C=O) groups is 1. The van der Waals surface area contributed by atoms with Crippen molar-refractivity contribution in [1.82, 2.24) is 14.8 Å². The number of rotatable bonds is 3. The Labute approximate surface area is 120 Å². The molecule has 3 heterocycles. The van der Waals surface area contributed by atoms with Gasteiger partial charge in [0.1, 0.15) is 10.7 Å². The monoisotopic (exact) mass is 292 g/mol. The minimum Gasteiger partial charge on any atom is -0.382 e. The average molecular weight is 292 g/mol. The summed E-state index contributed by atoms with van der Waals surface area (Å²) in [6.07, 6.45) is 4.09. The van der Waals surface area contributed by atoms with Crippen molar-refractivity contribution >= 4 is 34.0 Å². The Bertz CT molecular complexity index is 628. The van der Waals surface area contributed by atoms with E-state index in [0.29, 0.717) is 10.7 Å². The summed E-state index contributed by atoms with van der Waals surface area (Å²) >= 11 is 1.33. The summed E-state index contributed by atoms with van der Waals surface area (Å²) in [4.78, 5) is 19.1. The van der Waals surface area contributed by atoms with Gasteiger partial charge in [-0.1, -0.05) is 11.3 Å². The summed E-state index contributed by atoms with van der Waals surface area (Å²) in [6, 6.07) is 1.73. The maximum Gasteiger partial charge on any atom is 0.270 e. The number of nitrogen functional groups attached to an aromatic ring is 1. The average Bonchev–Trinajstić information content (AvgIpc) is 3.09. The number of anilines is 3. The van der Waals surface area contributed by atoms with Crippen molar-refractivity contribution in [1.29, 1.82) is 0 Å². The number of hydrogen-bond acceptors (Lipinski definition) is 6. The second-order valence-corrected chi connectivity index (χ2v) is 5.71. The Morgan fingerprint density at radius 1 is 1.45 bits per heavy atom. The molecule has 0 aliphatic carbocycles. The Balaban J connectivity index is 1.77. The van der Waals surface area contributed by atoms with Gasteiger partial charge in [-0.2, -0.15) is 5.10 Å². The SMILES string of the molecule is Cn1ccc(NC(=O)c2sc(N3CCCC3)nc2N)n1. The van der Waals surface area contributed by atoms with Gasteiger partial charge in [-0.25, -0.2) is 4.98 Å². The highest BCUT2D eigenvalue weighted by atomic mass is 32.1. The van der Waals surface area contributed by atoms with Crippen molar-refractivity contribution in [2.24, 2.45) is 7.05 Å². The van der Waals surface area contributed by atoms with Gasteiger partial charge in [0.15, 0.2) is 10.9 Å². The lowest BCUT2D eigenvalue weighted by Gasteiger charge is -2.11. The van der Waals surface area contributed by atoms with Crippen LogP contribution < -0.4 is 16.0 Å². The molecule has 3 rings (SSSR count). The van der Waals surface area contributed by atoms with E-state index in [-0.39, 0.29) is 11.7 Å². The van der Waals surface area contributed by atoms with Crippen LogP contribution in [-0.2, 0) is 7.05 Å². The third-order valence-corrected chi connectivity index (χ3v) is 4.31. The molecule has 0 radical (unpaired) electrons. The van der Waals surface area contributed by atoms with Crippen LogP contribution in [0.5, 0.6) is 0 Å². The van der Waals surface area contributed by atoms with E-state index < -0.39 is 0 Å². The number of aryl methyl sites for hydroxylation is 1. The zero-order valence-corrected chi connectivity index (χ0v) is 12.0. The smallest absolute Gasteiger partial charge is 0.270 e. The minimum absolute atomic E-state index is 0.260. The highest BCUT2D eigenvalue weighted by Gasteiger charge is 2.22. The number of hydrogen-bond donors (Lipinski definition) is 2. The van der Waals surface area contributed by atoms with Crippen LogP contribution in [0.3, 0.4) is 0 Å². The molecule has 1 saturated heterocycles. The minimum atomic E-state index is -0.260. The molecule has 2 aromatic rings. The van der Waals surface area contributed by atoms with Crippen LogP contribution in [0.1, 0.15) is 22.5 Å². The van der Waals surface area contributed by atoms with Crippen molar-refractivity contribution in [3.05, 3.63) is 17.1 Å². The fourth-order valence-electron chi connectivity index (χ4n) is 2.18. The summed E-state index contributed by atoms with van der Waals surface area (Å²) in [5.41, 5.74) is 5.85. The molecule has 0 aromatic carbocycles. The second-order valence-electron chi connectivity index (χ2n) is 4.73. The zero-order valence-electron chi connectivity index (χ0n) is 11.2. The normalized spacial score (nSPS) is 14.8. The molecule has 1 aliphatic rings. The lowest BCUT2D eigenvalue weighted by molar-refractivity contribution is 0.103. The Morgan fingerprint density at radius 2 is 2.20 bits per heavy atom. The third-order valence-electron chi connectivity index (χ3n) is 3.18. The van der Waals surface area contributed by atoms with E-state index in [0.717, 1.165) is 31.1 Å². The number of carbonyl (C=O) groups excluding carboxylic acids is 1. The number of nitrogens with one attached hydrogen (secondary N) is 1. The molecule has 1 amide bonds. The first-order valence-corrected chi connectivity index (χ1v) is 7.27. The van der Waals surface area contributed by atoms with Crippen LogP contribution in [0.4, 0.5) is 16.8 Å². The van der Waals surface area contributed by atoms with Crippen LogP contribution in [0.25, 0.3) is 0 Å². The molecule has 0 spiro atoms. The number of thiazole rings is 1. The maximum atomic E-state index is 12.2. The molecule has 0 atom stereocenters. The summed E-state index contributed by atoms with van der Waals surface area (Å²) in [6.45, 7) is 1.96. The topological polar surface area (TPSA) is 89.1 Å². The molecule has 1 aliphatic heterocycles. The van der Waals surface area contributed by atoms with Crippen LogP contribution in [0.2, 0.25) is 0 Å². The predicted molar refractivity (Wildman–Crippen MR) is 79.1 cm³/mol. The van der Waals surface area contributed by atoms with Gasteiger partial charge in [0.05, 0.1) is 0 Å². The molecule has 7 nitrogen and oxygen atoms in total. The summed E-state index contributed by atoms with van der Waals surface area (Å²) in [5.74, 6) is 0.530. The first-order valence-electron chi connectivity index (χ1n) is 6.46. The van der Waals surface area contributed by atoms with Gasteiger partial charge in [0.2, 0.25) is 0 Å². The maximum absolute atomic E-state index is 12.2. The van der Waals surface area contributed by atoms with Gasteiger partial charge in [-0.05, 0) is 12.8 Å². The second kappa shape index (κ2) is 5.12. The quantitative estimate of drug-likeness (QED) is 0.890. The molecule has 0 bridgehead atoms. The van der Waals surface area contributed by atoms with Crippen molar-refractivity contribution in [3.63, 3.8) is 0 Å². The summed E-state index contributed by atoms with van der Waals surface area (Å²) in [5, 5.41) is 7.66. The van der Waals surface area contributed by atoms with Crippen LogP contribution in [0, 0.1) is 0 Å². The third kappa shape index (κ3) is 2.46. The van der Waals surface area contributed by atoms with E-state index in [1.807, 2.05) is 0 Å². The molecule has 0 unspecified atom stereocenters. The zero-order chi connectivity index (χ0) is 14.1. The lowest BCUT2D eigenvalue weighted by atomic mass is 10.4. The van der Waals surface area contributed by atoms with E-state index in [1.54, 1.807) is 24.0 Å². The van der Waals surface area contributed by atoms with E-state index in [1.165, 1.54) is 11.3 Å². The summed E-state index contributed by atoms with van der Waals surface area (Å²) < 4.78 is 1.63. The number of amides is 1. The van der Waals surface area contributed by atoms with Crippen LogP contribution >= 0.6 is 11.3 Å². The molecule has 3 N–H and O–H groups in total. The fraction of sp³-hybridized carbons (Fsp3) is 0.417. The molecule has 1 fully saturated rings. The number of nitrogens with two attached hydrogens (primary N) is 1. The molecular weight excluding hydrogens is 276 g/mol. The Hall–Kier alpha value is -2.09. The largest absolute Gasteiger partial charge is 0.382 e. The van der Waals surface area contributed by atoms with Gasteiger partial charge >= 0.3 is 0 Å². The molecule has 106 valence electrons. The first-order chi connectivity index (χ1) is 9.63. The van der Waals surface area contributed by atoms with Crippen molar-refractivity contribution in [3.8, 4) is 0 Å². The molecular formula is C12H16N6OS. The predicted octanol–water partition coefficient (Wildman–Crippen LogP) is 1.31. The van der Waals surface area contributed by atoms with Gasteiger partial charge in [0, 0.05) is 32.4 Å². The van der Waals surface area contributed by atoms with E-state index in [4.69, 9.17) is 5.73 Å². The Morgan fingerprint density at radius 3 is 2.85 bits per heavy atom. The van der Waals surface area contributed by atoms with Crippen LogP contribution in [0.15, 0.2) is 12.3 Å². The first kappa shape index (κ1) is 12.9. The number of nitrogens with zero attached hydrogens (tertiary/aromatic N) is 4. The van der Waals surface area contributed by atoms with Crippen molar-refractivity contribution in [2.45, 2.75) is 12.8 Å². The van der Waals surface area contributed by atoms with Gasteiger partial charge in [-0.3, -0.25) is 9.48 Å². The van der Waals surface area contributed by atoms with Crippen LogP contribution in [-0.4, -0.2) is 33.8 Å². The highest BCUT2D eigenvalue weighted by molar-refractivity contribution is 7.18. The highest BCUT2D eigenvalue weighted by Crippen LogP contribution is 2.30. The molecule has 20 heavy (non-hydrogen) atoms. The number of aromatic nitrogens is 3. The standard InChI is InChI=1S/C12H16N6OS/c1-17-7-4-8(16-17)14-11(19)9-10(13)15-12(20-9)18-5-2-3-6-18/h4,7H,2-3,5-6,13H2,1H3,(H,14,16,19). The van der Waals surface area contributed by atoms with E-state index in [9.17, 15) is 4.79 Å². The molecule has 2 aromatic heterocycles. The fourth-order valence-corrected chi connectivity index (χ4v) is 3.11. The van der Waals surface area contributed by atoms with E-state index in [2.05, 4.69) is 20.3 Å². The molecule has 8 heteroatoms. The van der Waals surface area contributed by atoms with Crippen molar-refractivity contribution < 1.29 is 4.79 Å². The van der Waals surface area contributed by atoms with E-state index >= 15 is 0 Å². The lowest BCUT2D eigenvalue weighted by Crippen LogP contribution is -2.17. The van der Waals surface area contributed by atoms with Crippen molar-refractivity contribution in [2.75, 3.05) is 29.0 Å². The molecule has 0 saturated carbocycles. The van der Waals surface area contributed by atoms with Gasteiger partial charge in [-0.15, -0.1) is 0 Å². The van der Waals surface area contributed by atoms with Gasteiger partial charge < -0.3 is 16.0 Å². The summed E-state index contributed by atoms with van der Waals surface area (Å²) in [7, 11) is 1.79. The Kier molecular flexibility index (Phi) is 3.31. The van der Waals surface area contributed by atoms with Gasteiger partial charge in [0.25, 0.3) is 5.91 Å².